The van der Waals surface area contributed by atoms with Gasteiger partial charge in [-0.15, -0.1) is 0 Å². The van der Waals surface area contributed by atoms with Gasteiger partial charge in [-0.3, -0.25) is 14.5 Å². The second-order valence-corrected chi connectivity index (χ2v) is 6.46. The molecule has 2 aliphatic rings. The summed E-state index contributed by atoms with van der Waals surface area (Å²) in [5.74, 6) is 1.50. The first kappa shape index (κ1) is 14.9. The number of Topliss-reactive ketones (excluding diaryl/α,β-unsaturated/α-hetero) is 1. The van der Waals surface area contributed by atoms with Crippen LogP contribution in [0.15, 0.2) is 24.3 Å². The molecule has 1 aromatic rings. The van der Waals surface area contributed by atoms with Crippen LogP contribution in [0.2, 0.25) is 0 Å². The van der Waals surface area contributed by atoms with Crippen LogP contribution in [0.3, 0.4) is 0 Å². The number of urea groups is 1. The average molecular weight is 320 g/mol. The Morgan fingerprint density at radius 3 is 2.68 bits per heavy atom. The van der Waals surface area contributed by atoms with E-state index in [-0.39, 0.29) is 18.2 Å². The maximum absolute atomic E-state index is 12.5. The molecule has 1 aromatic carbocycles. The van der Waals surface area contributed by atoms with Crippen molar-refractivity contribution in [2.45, 2.75) is 12.0 Å². The van der Waals surface area contributed by atoms with E-state index in [4.69, 9.17) is 4.74 Å². The highest BCUT2D eigenvalue weighted by atomic mass is 32.2. The number of hydrogen-bond donors (Lipinski definition) is 1. The summed E-state index contributed by atoms with van der Waals surface area (Å²) in [6, 6.07) is 6.12. The van der Waals surface area contributed by atoms with Gasteiger partial charge in [-0.2, -0.15) is 11.8 Å². The van der Waals surface area contributed by atoms with Crippen LogP contribution in [0.25, 0.3) is 0 Å². The first-order valence-corrected chi connectivity index (χ1v) is 8.10. The summed E-state index contributed by atoms with van der Waals surface area (Å²) < 4.78 is 5.04. The molecule has 1 N–H and O–H groups in total. The van der Waals surface area contributed by atoms with Gasteiger partial charge in [-0.25, -0.2) is 4.79 Å². The van der Waals surface area contributed by atoms with E-state index >= 15 is 0 Å². The lowest BCUT2D eigenvalue weighted by molar-refractivity contribution is -0.130. The van der Waals surface area contributed by atoms with E-state index in [9.17, 15) is 14.4 Å². The minimum atomic E-state index is -0.804. The second-order valence-electron chi connectivity index (χ2n) is 5.36. The molecular formula is C15H16N2O4S. The van der Waals surface area contributed by atoms with Crippen molar-refractivity contribution in [1.82, 2.24) is 10.2 Å². The zero-order chi connectivity index (χ0) is 15.7. The zero-order valence-corrected chi connectivity index (χ0v) is 12.9. The predicted octanol–water partition coefficient (Wildman–Crippen LogP) is 1.31. The van der Waals surface area contributed by atoms with Crippen LogP contribution in [0.4, 0.5) is 4.79 Å². The first-order valence-electron chi connectivity index (χ1n) is 6.95. The summed E-state index contributed by atoms with van der Waals surface area (Å²) in [4.78, 5) is 37.8. The first-order chi connectivity index (χ1) is 10.6. The van der Waals surface area contributed by atoms with E-state index in [1.54, 1.807) is 43.1 Å². The Morgan fingerprint density at radius 2 is 2.09 bits per heavy atom. The molecule has 6 nitrogen and oxygen atoms in total. The van der Waals surface area contributed by atoms with Crippen LogP contribution >= 0.6 is 11.8 Å². The Labute approximate surface area is 132 Å². The molecule has 116 valence electrons. The number of benzene rings is 1. The maximum Gasteiger partial charge on any atom is 0.325 e. The van der Waals surface area contributed by atoms with E-state index in [0.29, 0.717) is 23.5 Å². The number of nitrogens with zero attached hydrogens (tertiary/aromatic N) is 1. The lowest BCUT2D eigenvalue weighted by Crippen LogP contribution is -2.47. The van der Waals surface area contributed by atoms with E-state index < -0.39 is 11.6 Å². The van der Waals surface area contributed by atoms with Crippen LogP contribution in [0.5, 0.6) is 5.75 Å². The largest absolute Gasteiger partial charge is 0.497 e. The van der Waals surface area contributed by atoms with Crippen molar-refractivity contribution in [3.05, 3.63) is 29.8 Å². The number of carbonyl (C=O) groups is 3. The van der Waals surface area contributed by atoms with Gasteiger partial charge >= 0.3 is 6.03 Å². The van der Waals surface area contributed by atoms with Gasteiger partial charge in [0.05, 0.1) is 13.7 Å². The summed E-state index contributed by atoms with van der Waals surface area (Å²) >= 11 is 1.64. The van der Waals surface area contributed by atoms with Crippen molar-refractivity contribution >= 4 is 29.5 Å². The molecule has 0 aromatic heterocycles. The van der Waals surface area contributed by atoms with E-state index in [0.717, 1.165) is 10.7 Å². The van der Waals surface area contributed by atoms with Crippen molar-refractivity contribution < 1.29 is 19.1 Å². The molecular weight excluding hydrogens is 304 g/mol. The number of hydrogen-bond acceptors (Lipinski definition) is 5. The van der Waals surface area contributed by atoms with Crippen molar-refractivity contribution in [3.8, 4) is 5.75 Å². The quantitative estimate of drug-likeness (QED) is 0.668. The van der Waals surface area contributed by atoms with Crippen LogP contribution in [0, 0.1) is 0 Å². The summed E-state index contributed by atoms with van der Waals surface area (Å²) in [5.41, 5.74) is -0.356. The molecule has 22 heavy (non-hydrogen) atoms. The van der Waals surface area contributed by atoms with Crippen molar-refractivity contribution in [1.29, 1.82) is 0 Å². The smallest absolute Gasteiger partial charge is 0.325 e. The van der Waals surface area contributed by atoms with E-state index in [1.807, 2.05) is 0 Å². The second kappa shape index (κ2) is 5.64. The number of rotatable bonds is 4. The Hall–Kier alpha value is -2.02. The number of methoxy groups -OCH3 is 1. The topological polar surface area (TPSA) is 75.7 Å². The number of ketones is 1. The minimum absolute atomic E-state index is 0.233. The maximum atomic E-state index is 12.5. The van der Waals surface area contributed by atoms with E-state index in [2.05, 4.69) is 5.32 Å². The third-order valence-electron chi connectivity index (χ3n) is 3.98. The van der Waals surface area contributed by atoms with Gasteiger partial charge < -0.3 is 10.1 Å². The molecule has 1 unspecified atom stereocenters. The molecule has 2 fully saturated rings. The van der Waals surface area contributed by atoms with Gasteiger partial charge in [0.25, 0.3) is 5.91 Å². The van der Waals surface area contributed by atoms with Gasteiger partial charge in [-0.1, -0.05) is 0 Å². The number of imide groups is 1. The van der Waals surface area contributed by atoms with Crippen LogP contribution in [-0.4, -0.2) is 53.3 Å². The Morgan fingerprint density at radius 1 is 1.36 bits per heavy atom. The molecule has 1 spiro atoms. The highest BCUT2D eigenvalue weighted by Crippen LogP contribution is 2.33. The number of carbonyl (C=O) groups excluding carboxylic acids is 3. The number of nitrogens with one attached hydrogen (secondary N) is 1. The fraction of sp³-hybridized carbons (Fsp3) is 0.400. The average Bonchev–Trinajstić information content (AvgIpc) is 3.09. The normalized spacial score (nSPS) is 24.0. The fourth-order valence-corrected chi connectivity index (χ4v) is 3.99. The summed E-state index contributed by atoms with van der Waals surface area (Å²) in [6.45, 7) is -0.233. The molecule has 0 radical (unpaired) electrons. The lowest BCUT2D eigenvalue weighted by atomic mass is 9.99. The van der Waals surface area contributed by atoms with Gasteiger partial charge in [0, 0.05) is 11.3 Å². The summed E-state index contributed by atoms with van der Waals surface area (Å²) in [5, 5.41) is 2.75. The third kappa shape index (κ3) is 2.45. The van der Waals surface area contributed by atoms with E-state index in [1.165, 1.54) is 0 Å². The van der Waals surface area contributed by atoms with Gasteiger partial charge in [0.15, 0.2) is 5.78 Å². The summed E-state index contributed by atoms with van der Waals surface area (Å²) in [6.07, 6.45) is 0.621. The summed E-state index contributed by atoms with van der Waals surface area (Å²) in [7, 11) is 1.54. The third-order valence-corrected chi connectivity index (χ3v) is 5.17. The van der Waals surface area contributed by atoms with Crippen molar-refractivity contribution in [2.75, 3.05) is 25.2 Å². The number of thioether (sulfide) groups is 1. The van der Waals surface area contributed by atoms with Crippen LogP contribution in [-0.2, 0) is 4.79 Å². The standard InChI is InChI=1S/C15H16N2O4S/c1-21-11-4-2-10(3-5-11)12(18)8-17-13(19)15(16-14(17)20)6-7-22-9-15/h2-5H,6-9H2,1H3,(H,16,20). The fourth-order valence-electron chi connectivity index (χ4n) is 2.66. The Bertz CT molecular complexity index is 623. The predicted molar refractivity (Wildman–Crippen MR) is 82.2 cm³/mol. The van der Waals surface area contributed by atoms with Gasteiger partial charge in [0.2, 0.25) is 0 Å². The Balaban J connectivity index is 1.73. The highest BCUT2D eigenvalue weighted by Gasteiger charge is 2.53. The Kier molecular flexibility index (Phi) is 3.82. The highest BCUT2D eigenvalue weighted by molar-refractivity contribution is 7.99. The number of ether oxygens (including phenoxy) is 1. The van der Waals surface area contributed by atoms with Gasteiger partial charge in [0.1, 0.15) is 11.3 Å². The molecule has 0 aliphatic carbocycles. The molecule has 1 atom stereocenters. The molecule has 2 aliphatic heterocycles. The van der Waals surface area contributed by atoms with Crippen molar-refractivity contribution in [3.63, 3.8) is 0 Å². The molecule has 2 heterocycles. The van der Waals surface area contributed by atoms with Gasteiger partial charge in [-0.05, 0) is 36.4 Å². The molecule has 0 bridgehead atoms. The minimum Gasteiger partial charge on any atom is -0.497 e. The molecule has 2 saturated heterocycles. The van der Waals surface area contributed by atoms with Crippen LogP contribution < -0.4 is 10.1 Å². The number of amides is 3. The van der Waals surface area contributed by atoms with Crippen molar-refractivity contribution in [2.24, 2.45) is 0 Å². The SMILES string of the molecule is COc1ccc(C(=O)CN2C(=O)NC3(CCSC3)C2=O)cc1. The molecule has 3 amide bonds. The van der Waals surface area contributed by atoms with Crippen LogP contribution in [0.1, 0.15) is 16.8 Å². The monoisotopic (exact) mass is 320 g/mol. The molecule has 0 saturated carbocycles. The zero-order valence-electron chi connectivity index (χ0n) is 12.1. The molecule has 3 rings (SSSR count). The molecule has 7 heteroatoms. The lowest BCUT2D eigenvalue weighted by Gasteiger charge is -2.18.